The van der Waals surface area contributed by atoms with Crippen LogP contribution >= 0.6 is 0 Å². The maximum atomic E-state index is 6.09. The summed E-state index contributed by atoms with van der Waals surface area (Å²) in [5.74, 6) is 1.88. The van der Waals surface area contributed by atoms with E-state index >= 15 is 0 Å². The van der Waals surface area contributed by atoms with Gasteiger partial charge in [-0.05, 0) is 37.8 Å². The predicted molar refractivity (Wildman–Crippen MR) is 64.1 cm³/mol. The van der Waals surface area contributed by atoms with Crippen LogP contribution in [-0.4, -0.2) is 21.8 Å². The van der Waals surface area contributed by atoms with E-state index in [4.69, 9.17) is 8.85 Å². The summed E-state index contributed by atoms with van der Waals surface area (Å²) >= 11 is 0. The minimum Gasteiger partial charge on any atom is -0.394 e. The molecule has 15 heavy (non-hydrogen) atoms. The van der Waals surface area contributed by atoms with Gasteiger partial charge in [0.15, 0.2) is 0 Å². The Morgan fingerprint density at radius 1 is 0.867 bits per heavy atom. The Morgan fingerprint density at radius 3 is 1.53 bits per heavy atom. The lowest BCUT2D eigenvalue weighted by Crippen LogP contribution is -2.43. The van der Waals surface area contributed by atoms with Gasteiger partial charge in [0.05, 0.1) is 0 Å². The zero-order valence-electron chi connectivity index (χ0n) is 10.1. The Kier molecular flexibility index (Phi) is 3.86. The highest BCUT2D eigenvalue weighted by Crippen LogP contribution is 2.44. The van der Waals surface area contributed by atoms with Crippen LogP contribution in [0.25, 0.3) is 0 Å². The van der Waals surface area contributed by atoms with E-state index in [0.29, 0.717) is 0 Å². The summed E-state index contributed by atoms with van der Waals surface area (Å²) in [7, 11) is -1.80. The average Bonchev–Trinajstić information content (AvgIpc) is 3.02. The molecule has 2 nitrogen and oxygen atoms in total. The molecule has 0 atom stereocenters. The van der Waals surface area contributed by atoms with E-state index in [-0.39, 0.29) is 0 Å². The Hall–Kier alpha value is 0.137. The monoisotopic (exact) mass is 228 g/mol. The van der Waals surface area contributed by atoms with Gasteiger partial charge in [0.2, 0.25) is 0 Å². The van der Waals surface area contributed by atoms with Crippen molar-refractivity contribution in [3.05, 3.63) is 0 Å². The largest absolute Gasteiger partial charge is 0.394 e. The van der Waals surface area contributed by atoms with Crippen molar-refractivity contribution in [1.82, 2.24) is 0 Å². The van der Waals surface area contributed by atoms with Crippen molar-refractivity contribution in [3.63, 3.8) is 0 Å². The van der Waals surface area contributed by atoms with Crippen LogP contribution in [0.2, 0.25) is 12.1 Å². The van der Waals surface area contributed by atoms with Crippen molar-refractivity contribution in [2.45, 2.75) is 51.6 Å². The molecule has 2 fully saturated rings. The van der Waals surface area contributed by atoms with Crippen LogP contribution in [0, 0.1) is 11.8 Å². The minimum atomic E-state index is -1.80. The lowest BCUT2D eigenvalue weighted by molar-refractivity contribution is 0.179. The second kappa shape index (κ2) is 4.98. The van der Waals surface area contributed by atoms with Gasteiger partial charge in [-0.15, -0.1) is 0 Å². The van der Waals surface area contributed by atoms with E-state index in [0.717, 1.165) is 25.0 Å². The van der Waals surface area contributed by atoms with Gasteiger partial charge in [-0.3, -0.25) is 0 Å². The molecule has 0 amide bonds. The van der Waals surface area contributed by atoms with Crippen LogP contribution in [0.5, 0.6) is 0 Å². The molecule has 0 saturated heterocycles. The molecule has 0 unspecified atom stereocenters. The lowest BCUT2D eigenvalue weighted by atomic mass is 10.5. The second-order valence-corrected chi connectivity index (χ2v) is 8.29. The molecule has 0 aliphatic heterocycles. The maximum Gasteiger partial charge on any atom is 0.338 e. The quantitative estimate of drug-likeness (QED) is 0.593. The molecule has 2 aliphatic carbocycles. The molecule has 0 aromatic heterocycles. The van der Waals surface area contributed by atoms with Crippen LogP contribution < -0.4 is 0 Å². The fourth-order valence-electron chi connectivity index (χ4n) is 2.41. The molecular weight excluding hydrogens is 204 g/mol. The van der Waals surface area contributed by atoms with Crippen molar-refractivity contribution >= 4 is 8.56 Å². The SMILES string of the molecule is CCO[Si](CC1CC1)(CC1CC1)OCC. The zero-order chi connectivity index (χ0) is 10.7. The van der Waals surface area contributed by atoms with E-state index in [2.05, 4.69) is 13.8 Å². The van der Waals surface area contributed by atoms with Crippen LogP contribution in [0.4, 0.5) is 0 Å². The molecule has 0 bridgehead atoms. The second-order valence-electron chi connectivity index (χ2n) is 5.07. The molecule has 2 aliphatic rings. The summed E-state index contributed by atoms with van der Waals surface area (Å²) in [6.45, 7) is 5.90. The van der Waals surface area contributed by atoms with Crippen LogP contribution in [0.1, 0.15) is 39.5 Å². The first-order valence-corrected chi connectivity index (χ1v) is 8.79. The Balaban J connectivity index is 1.92. The van der Waals surface area contributed by atoms with Gasteiger partial charge in [0.1, 0.15) is 0 Å². The summed E-state index contributed by atoms with van der Waals surface area (Å²) in [6, 6.07) is 2.54. The molecule has 0 N–H and O–H groups in total. The third kappa shape index (κ3) is 3.57. The highest BCUT2D eigenvalue weighted by Gasteiger charge is 2.46. The van der Waals surface area contributed by atoms with Crippen LogP contribution in [0.3, 0.4) is 0 Å². The van der Waals surface area contributed by atoms with Crippen molar-refractivity contribution in [2.24, 2.45) is 11.8 Å². The first kappa shape index (κ1) is 11.6. The fraction of sp³-hybridized carbons (Fsp3) is 1.00. The summed E-state index contributed by atoms with van der Waals surface area (Å²) in [6.07, 6.45) is 5.66. The predicted octanol–water partition coefficient (Wildman–Crippen LogP) is 3.32. The van der Waals surface area contributed by atoms with E-state index in [9.17, 15) is 0 Å². The van der Waals surface area contributed by atoms with Gasteiger partial charge in [-0.2, -0.15) is 0 Å². The number of hydrogen-bond donors (Lipinski definition) is 0. The Labute approximate surface area is 94.6 Å². The van der Waals surface area contributed by atoms with Crippen LogP contribution in [-0.2, 0) is 8.85 Å². The molecule has 0 spiro atoms. The van der Waals surface area contributed by atoms with Crippen molar-refractivity contribution in [1.29, 1.82) is 0 Å². The molecule has 0 heterocycles. The van der Waals surface area contributed by atoms with Gasteiger partial charge in [0.25, 0.3) is 0 Å². The molecule has 0 radical (unpaired) electrons. The zero-order valence-corrected chi connectivity index (χ0v) is 11.1. The van der Waals surface area contributed by atoms with Gasteiger partial charge in [-0.1, -0.05) is 25.7 Å². The smallest absolute Gasteiger partial charge is 0.338 e. The normalized spacial score (nSPS) is 22.0. The molecule has 0 aromatic carbocycles. The van der Waals surface area contributed by atoms with E-state index < -0.39 is 8.56 Å². The summed E-state index contributed by atoms with van der Waals surface area (Å²) in [4.78, 5) is 0. The third-order valence-electron chi connectivity index (χ3n) is 3.41. The van der Waals surface area contributed by atoms with Crippen molar-refractivity contribution in [2.75, 3.05) is 13.2 Å². The Bertz CT molecular complexity index is 178. The van der Waals surface area contributed by atoms with Crippen molar-refractivity contribution < 1.29 is 8.85 Å². The van der Waals surface area contributed by atoms with E-state index in [1.54, 1.807) is 0 Å². The molecule has 2 saturated carbocycles. The molecular formula is C12H24O2Si. The van der Waals surface area contributed by atoms with Gasteiger partial charge >= 0.3 is 8.56 Å². The summed E-state index contributed by atoms with van der Waals surface area (Å²) in [5, 5.41) is 0. The van der Waals surface area contributed by atoms with E-state index in [1.807, 2.05) is 0 Å². The third-order valence-corrected chi connectivity index (χ3v) is 7.44. The molecule has 3 heteroatoms. The topological polar surface area (TPSA) is 18.5 Å². The van der Waals surface area contributed by atoms with Crippen LogP contribution in [0.15, 0.2) is 0 Å². The molecule has 88 valence electrons. The molecule has 0 aromatic rings. The fourth-order valence-corrected chi connectivity index (χ4v) is 6.76. The van der Waals surface area contributed by atoms with Gasteiger partial charge < -0.3 is 8.85 Å². The first-order valence-electron chi connectivity index (χ1n) is 6.56. The van der Waals surface area contributed by atoms with E-state index in [1.165, 1.54) is 37.8 Å². The van der Waals surface area contributed by atoms with Gasteiger partial charge in [-0.25, -0.2) is 0 Å². The molecule has 2 rings (SSSR count). The first-order chi connectivity index (χ1) is 7.28. The average molecular weight is 228 g/mol. The minimum absolute atomic E-state index is 0.839. The number of hydrogen-bond acceptors (Lipinski definition) is 2. The number of rotatable bonds is 8. The standard InChI is InChI=1S/C12H24O2Si/c1-3-13-15(14-4-2,9-11-5-6-11)10-12-7-8-12/h11-12H,3-10H2,1-2H3. The lowest BCUT2D eigenvalue weighted by Gasteiger charge is -2.30. The van der Waals surface area contributed by atoms with Crippen molar-refractivity contribution in [3.8, 4) is 0 Å². The summed E-state index contributed by atoms with van der Waals surface area (Å²) in [5.41, 5.74) is 0. The highest BCUT2D eigenvalue weighted by atomic mass is 28.4. The Morgan fingerprint density at radius 2 is 1.27 bits per heavy atom. The van der Waals surface area contributed by atoms with Gasteiger partial charge in [0, 0.05) is 13.2 Å². The summed E-state index contributed by atoms with van der Waals surface area (Å²) < 4.78 is 12.2. The highest BCUT2D eigenvalue weighted by molar-refractivity contribution is 6.67. The maximum absolute atomic E-state index is 6.09.